The van der Waals surface area contributed by atoms with Crippen molar-refractivity contribution in [1.82, 2.24) is 10.2 Å². The normalized spacial score (nSPS) is 18.3. The summed E-state index contributed by atoms with van der Waals surface area (Å²) in [6.07, 6.45) is 1.96. The number of imide groups is 2. The van der Waals surface area contributed by atoms with Gasteiger partial charge in [0.2, 0.25) is 11.8 Å². The van der Waals surface area contributed by atoms with E-state index in [-0.39, 0.29) is 29.7 Å². The third-order valence-corrected chi connectivity index (χ3v) is 5.86. The molecule has 2 aromatic rings. The van der Waals surface area contributed by atoms with Crippen LogP contribution in [0.3, 0.4) is 0 Å². The number of anilines is 1. The van der Waals surface area contributed by atoms with Gasteiger partial charge in [-0.25, -0.2) is 0 Å². The minimum absolute atomic E-state index is 0.0405. The second kappa shape index (κ2) is 7.75. The van der Waals surface area contributed by atoms with Crippen molar-refractivity contribution in [1.29, 1.82) is 0 Å². The molecular weight excluding hydrogens is 406 g/mol. The van der Waals surface area contributed by atoms with Crippen LogP contribution in [-0.4, -0.2) is 46.7 Å². The molecule has 0 aliphatic carbocycles. The molecule has 9 heteroatoms. The Bertz CT molecular complexity index is 1110. The molecular formula is C21H17N3O5S. The van der Waals surface area contributed by atoms with Crippen LogP contribution in [0.15, 0.2) is 47.4 Å². The van der Waals surface area contributed by atoms with Crippen LogP contribution in [0.5, 0.6) is 0 Å². The lowest BCUT2D eigenvalue weighted by molar-refractivity contribution is -0.136. The van der Waals surface area contributed by atoms with E-state index in [1.165, 1.54) is 23.9 Å². The van der Waals surface area contributed by atoms with Gasteiger partial charge in [-0.2, -0.15) is 0 Å². The number of hydrogen-bond acceptors (Lipinski definition) is 6. The van der Waals surface area contributed by atoms with E-state index >= 15 is 0 Å². The largest absolute Gasteiger partial charge is 0.321 e. The quantitative estimate of drug-likeness (QED) is 0.575. The molecule has 30 heavy (non-hydrogen) atoms. The van der Waals surface area contributed by atoms with Gasteiger partial charge in [-0.05, 0) is 36.9 Å². The number of thioether (sulfide) groups is 1. The van der Waals surface area contributed by atoms with E-state index < -0.39 is 35.6 Å². The molecule has 1 saturated heterocycles. The third-order valence-electron chi connectivity index (χ3n) is 5.07. The van der Waals surface area contributed by atoms with E-state index in [1.807, 2.05) is 18.4 Å². The summed E-state index contributed by atoms with van der Waals surface area (Å²) in [7, 11) is 0. The molecule has 0 saturated carbocycles. The van der Waals surface area contributed by atoms with Crippen molar-refractivity contribution in [2.24, 2.45) is 0 Å². The molecule has 0 radical (unpaired) electrons. The Hall–Kier alpha value is -3.46. The highest BCUT2D eigenvalue weighted by Crippen LogP contribution is 2.33. The fourth-order valence-electron chi connectivity index (χ4n) is 3.64. The van der Waals surface area contributed by atoms with Crippen LogP contribution in [-0.2, 0) is 9.59 Å². The lowest BCUT2D eigenvalue weighted by Gasteiger charge is -2.27. The molecule has 1 fully saturated rings. The van der Waals surface area contributed by atoms with Gasteiger partial charge >= 0.3 is 0 Å². The summed E-state index contributed by atoms with van der Waals surface area (Å²) in [4.78, 5) is 64.0. The molecule has 0 spiro atoms. The molecule has 2 aromatic carbocycles. The lowest BCUT2D eigenvalue weighted by Crippen LogP contribution is -2.54. The highest BCUT2D eigenvalue weighted by Gasteiger charge is 2.45. The Morgan fingerprint density at radius 3 is 2.57 bits per heavy atom. The van der Waals surface area contributed by atoms with Crippen LogP contribution in [0.2, 0.25) is 0 Å². The molecule has 4 rings (SSSR count). The number of nitrogens with one attached hydrogen (secondary N) is 2. The molecule has 0 bridgehead atoms. The molecule has 1 unspecified atom stereocenters. The predicted molar refractivity (Wildman–Crippen MR) is 109 cm³/mol. The Morgan fingerprint density at radius 1 is 1.07 bits per heavy atom. The van der Waals surface area contributed by atoms with Gasteiger partial charge in [0.15, 0.2) is 0 Å². The summed E-state index contributed by atoms with van der Waals surface area (Å²) in [5, 5.41) is 4.88. The van der Waals surface area contributed by atoms with Crippen LogP contribution < -0.4 is 10.6 Å². The second-order valence-corrected chi connectivity index (χ2v) is 7.68. The maximum absolute atomic E-state index is 13.1. The van der Waals surface area contributed by atoms with E-state index in [1.54, 1.807) is 18.2 Å². The molecule has 2 aliphatic heterocycles. The zero-order valence-electron chi connectivity index (χ0n) is 15.9. The second-order valence-electron chi connectivity index (χ2n) is 6.83. The maximum atomic E-state index is 13.1. The van der Waals surface area contributed by atoms with Crippen LogP contribution >= 0.6 is 11.8 Å². The maximum Gasteiger partial charge on any atom is 0.264 e. The summed E-state index contributed by atoms with van der Waals surface area (Å²) >= 11 is 1.42. The van der Waals surface area contributed by atoms with Gasteiger partial charge in [0, 0.05) is 11.3 Å². The molecule has 1 atom stereocenters. The standard InChI is InChI=1S/C21H17N3O5S/c1-30-15-8-3-2-5-11(15)18(26)22-13-7-4-6-12-17(13)21(29)24(20(12)28)14-9-10-16(25)23-19(14)27/h2-8,14H,9-10H2,1H3,(H,22,26)(H,23,25,27). The first kappa shape index (κ1) is 19.8. The van der Waals surface area contributed by atoms with E-state index in [4.69, 9.17) is 0 Å². The number of hydrogen-bond donors (Lipinski definition) is 2. The van der Waals surface area contributed by atoms with Gasteiger partial charge in [-0.15, -0.1) is 11.8 Å². The predicted octanol–water partition coefficient (Wildman–Crippen LogP) is 2.06. The molecule has 2 N–H and O–H groups in total. The Kier molecular flexibility index (Phi) is 5.13. The van der Waals surface area contributed by atoms with Gasteiger partial charge in [0.1, 0.15) is 6.04 Å². The van der Waals surface area contributed by atoms with Crippen molar-refractivity contribution in [2.75, 3.05) is 11.6 Å². The number of piperidine rings is 1. The van der Waals surface area contributed by atoms with Crippen molar-refractivity contribution >= 4 is 47.0 Å². The average molecular weight is 423 g/mol. The smallest absolute Gasteiger partial charge is 0.264 e. The molecule has 2 heterocycles. The number of nitrogens with zero attached hydrogens (tertiary/aromatic N) is 1. The van der Waals surface area contributed by atoms with E-state index in [2.05, 4.69) is 10.6 Å². The Morgan fingerprint density at radius 2 is 1.83 bits per heavy atom. The fourth-order valence-corrected chi connectivity index (χ4v) is 4.24. The van der Waals surface area contributed by atoms with Crippen molar-refractivity contribution < 1.29 is 24.0 Å². The topological polar surface area (TPSA) is 113 Å². The number of carbonyl (C=O) groups excluding carboxylic acids is 5. The number of fused-ring (bicyclic) bond motifs is 1. The molecule has 0 aromatic heterocycles. The van der Waals surface area contributed by atoms with Crippen LogP contribution in [0.4, 0.5) is 5.69 Å². The van der Waals surface area contributed by atoms with Crippen molar-refractivity contribution in [3.63, 3.8) is 0 Å². The molecule has 152 valence electrons. The highest BCUT2D eigenvalue weighted by atomic mass is 32.2. The number of amides is 5. The number of rotatable bonds is 4. The summed E-state index contributed by atoms with van der Waals surface area (Å²) < 4.78 is 0. The minimum Gasteiger partial charge on any atom is -0.321 e. The SMILES string of the molecule is CSc1ccccc1C(=O)Nc1cccc2c1C(=O)N(C1CCC(=O)NC1=O)C2=O. The number of benzene rings is 2. The highest BCUT2D eigenvalue weighted by molar-refractivity contribution is 7.98. The van der Waals surface area contributed by atoms with Gasteiger partial charge in [0.25, 0.3) is 17.7 Å². The minimum atomic E-state index is -1.06. The fraction of sp³-hybridized carbons (Fsp3) is 0.190. The lowest BCUT2D eigenvalue weighted by atomic mass is 10.0. The Labute approximate surface area is 176 Å². The van der Waals surface area contributed by atoms with E-state index in [0.29, 0.717) is 5.56 Å². The van der Waals surface area contributed by atoms with E-state index in [0.717, 1.165) is 9.80 Å². The molecule has 8 nitrogen and oxygen atoms in total. The summed E-state index contributed by atoms with van der Waals surface area (Å²) in [5.41, 5.74) is 0.797. The first-order chi connectivity index (χ1) is 14.4. The van der Waals surface area contributed by atoms with Crippen LogP contribution in [0.1, 0.15) is 43.9 Å². The first-order valence-corrected chi connectivity index (χ1v) is 10.4. The molecule has 2 aliphatic rings. The monoisotopic (exact) mass is 423 g/mol. The zero-order chi connectivity index (χ0) is 21.4. The zero-order valence-corrected chi connectivity index (χ0v) is 16.7. The van der Waals surface area contributed by atoms with Gasteiger partial charge < -0.3 is 5.32 Å². The summed E-state index contributed by atoms with van der Waals surface area (Å²) in [5.74, 6) is -2.81. The Balaban J connectivity index is 1.66. The van der Waals surface area contributed by atoms with Crippen molar-refractivity contribution in [3.8, 4) is 0 Å². The third kappa shape index (κ3) is 3.26. The van der Waals surface area contributed by atoms with Crippen molar-refractivity contribution in [3.05, 3.63) is 59.2 Å². The number of carbonyl (C=O) groups is 5. The van der Waals surface area contributed by atoms with Gasteiger partial charge in [-0.1, -0.05) is 18.2 Å². The molecule has 5 amide bonds. The van der Waals surface area contributed by atoms with Gasteiger partial charge in [0.05, 0.1) is 22.4 Å². The van der Waals surface area contributed by atoms with Crippen LogP contribution in [0.25, 0.3) is 0 Å². The summed E-state index contributed by atoms with van der Waals surface area (Å²) in [6.45, 7) is 0. The van der Waals surface area contributed by atoms with Crippen molar-refractivity contribution in [2.45, 2.75) is 23.8 Å². The first-order valence-electron chi connectivity index (χ1n) is 9.21. The van der Waals surface area contributed by atoms with Gasteiger partial charge in [-0.3, -0.25) is 34.2 Å². The summed E-state index contributed by atoms with van der Waals surface area (Å²) in [6, 6.07) is 10.6. The average Bonchev–Trinajstić information content (AvgIpc) is 2.99. The van der Waals surface area contributed by atoms with Crippen LogP contribution in [0, 0.1) is 0 Å². The van der Waals surface area contributed by atoms with E-state index in [9.17, 15) is 24.0 Å².